The summed E-state index contributed by atoms with van der Waals surface area (Å²) in [5.41, 5.74) is -3.66. The Morgan fingerprint density at radius 2 is 1.75 bits per heavy atom. The van der Waals surface area contributed by atoms with E-state index < -0.39 is 39.4 Å². The zero-order valence-corrected chi connectivity index (χ0v) is 10.0. The smallest absolute Gasteiger partial charge is 0.465 e. The minimum absolute atomic E-state index is 0.242. The van der Waals surface area contributed by atoms with E-state index in [2.05, 4.69) is 0 Å². The number of nitriles is 1. The maximum atomic E-state index is 12.7. The molecule has 104 valence electrons. The van der Waals surface area contributed by atoms with E-state index in [-0.39, 0.29) is 9.46 Å². The lowest BCUT2D eigenvalue weighted by molar-refractivity contribution is -0.636. The Morgan fingerprint density at radius 1 is 1.20 bits per heavy atom. The third-order valence-electron chi connectivity index (χ3n) is 2.52. The first-order valence-corrected chi connectivity index (χ1v) is 5.25. The predicted molar refractivity (Wildman–Crippen MR) is 58.3 cm³/mol. The minimum Gasteiger partial charge on any atom is -0.617 e. The van der Waals surface area contributed by atoms with Gasteiger partial charge in [0.2, 0.25) is 0 Å². The average Bonchev–Trinajstić information content (AvgIpc) is 2.35. The van der Waals surface area contributed by atoms with E-state index in [1.165, 1.54) is 6.07 Å². The summed E-state index contributed by atoms with van der Waals surface area (Å²) in [6.45, 7) is 0. The zero-order valence-electron chi connectivity index (χ0n) is 9.27. The molecule has 0 bridgehead atoms. The number of hydrogen-bond acceptors (Lipinski definition) is 4. The van der Waals surface area contributed by atoms with Gasteiger partial charge >= 0.3 is 17.8 Å². The molecule has 0 aliphatic carbocycles. The zero-order chi connectivity index (χ0) is 15.2. The summed E-state index contributed by atoms with van der Waals surface area (Å²) in [6, 6.07) is 2.18. The SMILES string of the molecule is N#Cc1c(O)[n+]([O-])c2cc(Cl)c(C(F)(F)F)cc2[n+]1[O-]. The quantitative estimate of drug-likeness (QED) is 0.587. The van der Waals surface area contributed by atoms with E-state index >= 15 is 0 Å². The van der Waals surface area contributed by atoms with Crippen molar-refractivity contribution in [2.75, 3.05) is 0 Å². The monoisotopic (exact) mass is 305 g/mol. The summed E-state index contributed by atoms with van der Waals surface area (Å²) in [7, 11) is 0. The van der Waals surface area contributed by atoms with Crippen LogP contribution >= 0.6 is 11.6 Å². The largest absolute Gasteiger partial charge is 0.617 e. The van der Waals surface area contributed by atoms with E-state index in [9.17, 15) is 28.7 Å². The number of benzene rings is 1. The summed E-state index contributed by atoms with van der Waals surface area (Å²) in [5.74, 6) is -1.22. The molecule has 2 aromatic rings. The molecule has 0 spiro atoms. The topological polar surface area (TPSA) is 97.9 Å². The van der Waals surface area contributed by atoms with Crippen LogP contribution in [0.3, 0.4) is 0 Å². The van der Waals surface area contributed by atoms with Gasteiger partial charge in [0.05, 0.1) is 10.6 Å². The molecule has 1 aromatic heterocycles. The highest BCUT2D eigenvalue weighted by atomic mass is 35.5. The molecule has 1 aromatic carbocycles. The van der Waals surface area contributed by atoms with Gasteiger partial charge in [0, 0.05) is 12.1 Å². The van der Waals surface area contributed by atoms with Gasteiger partial charge in [-0.05, 0) is 0 Å². The van der Waals surface area contributed by atoms with Crippen molar-refractivity contribution in [2.24, 2.45) is 0 Å². The molecule has 0 radical (unpaired) electrons. The second-order valence-corrected chi connectivity index (χ2v) is 4.10. The second-order valence-electron chi connectivity index (χ2n) is 3.69. The predicted octanol–water partition coefficient (Wildman–Crippen LogP) is 1.36. The van der Waals surface area contributed by atoms with E-state index in [0.717, 1.165) is 0 Å². The first-order chi connectivity index (χ1) is 9.18. The van der Waals surface area contributed by atoms with Crippen molar-refractivity contribution >= 4 is 22.6 Å². The molecule has 10 heteroatoms. The number of fused-ring (bicyclic) bond motifs is 1. The molecule has 0 atom stereocenters. The van der Waals surface area contributed by atoms with Crippen LogP contribution < -0.4 is 9.46 Å². The summed E-state index contributed by atoms with van der Waals surface area (Å²) in [4.78, 5) is 0. The van der Waals surface area contributed by atoms with Crippen LogP contribution in [0.2, 0.25) is 5.02 Å². The Bertz CT molecular complexity index is 771. The molecule has 6 nitrogen and oxygen atoms in total. The molecule has 0 saturated heterocycles. The number of alkyl halides is 3. The van der Waals surface area contributed by atoms with Crippen molar-refractivity contribution in [2.45, 2.75) is 6.18 Å². The van der Waals surface area contributed by atoms with Crippen molar-refractivity contribution < 1.29 is 27.7 Å². The third kappa shape index (κ3) is 1.90. The molecule has 20 heavy (non-hydrogen) atoms. The first kappa shape index (κ1) is 14.0. The van der Waals surface area contributed by atoms with E-state index in [4.69, 9.17) is 16.9 Å². The highest BCUT2D eigenvalue weighted by Crippen LogP contribution is 2.36. The fraction of sp³-hybridized carbons (Fsp3) is 0.100. The lowest BCUT2D eigenvalue weighted by Crippen LogP contribution is -2.41. The van der Waals surface area contributed by atoms with Crippen LogP contribution in [0.5, 0.6) is 5.88 Å². The Morgan fingerprint density at radius 3 is 2.25 bits per heavy atom. The van der Waals surface area contributed by atoms with Crippen molar-refractivity contribution in [3.63, 3.8) is 0 Å². The van der Waals surface area contributed by atoms with E-state index in [1.54, 1.807) is 0 Å². The van der Waals surface area contributed by atoms with E-state index in [0.29, 0.717) is 12.1 Å². The summed E-state index contributed by atoms with van der Waals surface area (Å²) < 4.78 is 37.5. The van der Waals surface area contributed by atoms with Gasteiger partial charge in [-0.25, -0.2) is 0 Å². The average molecular weight is 306 g/mol. The highest BCUT2D eigenvalue weighted by Gasteiger charge is 2.37. The van der Waals surface area contributed by atoms with Crippen LogP contribution in [-0.2, 0) is 6.18 Å². The van der Waals surface area contributed by atoms with Gasteiger partial charge in [-0.3, -0.25) is 0 Å². The number of hydrogen-bond donors (Lipinski definition) is 1. The van der Waals surface area contributed by atoms with Crippen LogP contribution in [0.25, 0.3) is 11.0 Å². The third-order valence-corrected chi connectivity index (χ3v) is 2.83. The Balaban J connectivity index is 2.99. The van der Waals surface area contributed by atoms with Crippen LogP contribution in [0.15, 0.2) is 12.1 Å². The Labute approximate surface area is 113 Å². The summed E-state index contributed by atoms with van der Waals surface area (Å²) in [5, 5.41) is 40.5. The molecule has 0 saturated carbocycles. The number of rotatable bonds is 0. The molecule has 1 N–H and O–H groups in total. The van der Waals surface area contributed by atoms with Crippen LogP contribution in [0.1, 0.15) is 11.3 Å². The molecule has 0 fully saturated rings. The van der Waals surface area contributed by atoms with E-state index in [1.807, 2.05) is 0 Å². The van der Waals surface area contributed by atoms with Gasteiger partial charge in [0.15, 0.2) is 6.07 Å². The maximum Gasteiger partial charge on any atom is 0.465 e. The number of aromatic hydroxyl groups is 1. The lowest BCUT2D eigenvalue weighted by Gasteiger charge is -2.11. The highest BCUT2D eigenvalue weighted by molar-refractivity contribution is 6.32. The normalized spacial score (nSPS) is 11.6. The van der Waals surface area contributed by atoms with Gasteiger partial charge < -0.3 is 15.5 Å². The lowest BCUT2D eigenvalue weighted by atomic mass is 10.1. The van der Waals surface area contributed by atoms with Crippen LogP contribution in [0.4, 0.5) is 13.2 Å². The number of nitrogens with zero attached hydrogens (tertiary/aromatic N) is 3. The Hall–Kier alpha value is -2.47. The second kappa shape index (κ2) is 4.28. The summed E-state index contributed by atoms with van der Waals surface area (Å²) in [6.07, 6.45) is -4.84. The van der Waals surface area contributed by atoms with Gasteiger partial charge in [-0.15, -0.1) is 9.46 Å². The first-order valence-electron chi connectivity index (χ1n) is 4.87. The van der Waals surface area contributed by atoms with Crippen molar-refractivity contribution in [1.82, 2.24) is 0 Å². The molecule has 2 rings (SSSR count). The standard InChI is InChI=1S/C10H3ClF3N3O3/c11-5-2-7-6(1-4(5)10(12,13)14)16(19)8(3-15)9(18)17(7)20/h1-2,18H. The fourth-order valence-electron chi connectivity index (χ4n) is 1.61. The van der Waals surface area contributed by atoms with Gasteiger partial charge in [-0.1, -0.05) is 11.6 Å². The molecule has 0 aliphatic heterocycles. The maximum absolute atomic E-state index is 12.7. The molecular weight excluding hydrogens is 303 g/mol. The van der Waals surface area contributed by atoms with Crippen molar-refractivity contribution in [1.29, 1.82) is 5.26 Å². The van der Waals surface area contributed by atoms with Crippen molar-refractivity contribution in [3.05, 3.63) is 38.8 Å². The van der Waals surface area contributed by atoms with Gasteiger partial charge in [-0.2, -0.15) is 18.4 Å². The molecule has 0 amide bonds. The van der Waals surface area contributed by atoms with Gasteiger partial charge in [0.1, 0.15) is 0 Å². The Kier molecular flexibility index (Phi) is 2.98. The molecular formula is C10H3ClF3N3O3. The van der Waals surface area contributed by atoms with Crippen molar-refractivity contribution in [3.8, 4) is 11.9 Å². The fourth-order valence-corrected chi connectivity index (χ4v) is 1.88. The molecule has 0 aliphatic rings. The van der Waals surface area contributed by atoms with Gasteiger partial charge in [0.25, 0.3) is 11.0 Å². The number of aromatic nitrogens is 2. The van der Waals surface area contributed by atoms with Crippen LogP contribution in [0, 0.1) is 21.7 Å². The molecule has 0 unspecified atom stereocenters. The van der Waals surface area contributed by atoms with Crippen LogP contribution in [-0.4, -0.2) is 5.11 Å². The molecule has 1 heterocycles. The minimum atomic E-state index is -4.84. The number of halogens is 4. The summed E-state index contributed by atoms with van der Waals surface area (Å²) >= 11 is 5.41.